The molecule has 0 saturated carbocycles. The standard InChI is InChI=1S/C11H12N2O2S/c1-12-9(6-16)7-2-3-10-8(4-7)13-11(14)5-15-10/h2-4,6,12,16H,5H2,1H3,(H,13,14)/b9-6-. The highest BCUT2D eigenvalue weighted by Gasteiger charge is 2.16. The third-order valence-corrected chi connectivity index (χ3v) is 2.58. The largest absolute Gasteiger partial charge is 0.482 e. The molecule has 0 unspecified atom stereocenters. The van der Waals surface area contributed by atoms with Crippen molar-refractivity contribution in [3.63, 3.8) is 0 Å². The smallest absolute Gasteiger partial charge is 0.262 e. The fraction of sp³-hybridized carbons (Fsp3) is 0.182. The van der Waals surface area contributed by atoms with Gasteiger partial charge in [0.1, 0.15) is 5.75 Å². The van der Waals surface area contributed by atoms with Gasteiger partial charge < -0.3 is 15.4 Å². The average molecular weight is 236 g/mol. The summed E-state index contributed by atoms with van der Waals surface area (Å²) in [6.07, 6.45) is 0. The summed E-state index contributed by atoms with van der Waals surface area (Å²) in [4.78, 5) is 11.2. The summed E-state index contributed by atoms with van der Waals surface area (Å²) >= 11 is 4.11. The van der Waals surface area contributed by atoms with Crippen LogP contribution in [0.2, 0.25) is 0 Å². The Hall–Kier alpha value is -1.62. The van der Waals surface area contributed by atoms with Crippen molar-refractivity contribution in [1.82, 2.24) is 5.32 Å². The molecule has 1 aliphatic heterocycles. The van der Waals surface area contributed by atoms with E-state index in [1.54, 1.807) is 5.41 Å². The van der Waals surface area contributed by atoms with Gasteiger partial charge in [0.2, 0.25) is 0 Å². The van der Waals surface area contributed by atoms with Crippen molar-refractivity contribution in [2.45, 2.75) is 0 Å². The number of carbonyl (C=O) groups is 1. The second kappa shape index (κ2) is 4.49. The molecule has 0 aromatic heterocycles. The van der Waals surface area contributed by atoms with Gasteiger partial charge in [0.25, 0.3) is 5.91 Å². The molecule has 0 bridgehead atoms. The maximum atomic E-state index is 11.2. The predicted molar refractivity (Wildman–Crippen MR) is 66.6 cm³/mol. The highest BCUT2D eigenvalue weighted by atomic mass is 32.1. The topological polar surface area (TPSA) is 50.4 Å². The number of rotatable bonds is 2. The maximum absolute atomic E-state index is 11.2. The van der Waals surface area contributed by atoms with Gasteiger partial charge in [0.15, 0.2) is 6.61 Å². The van der Waals surface area contributed by atoms with Gasteiger partial charge in [-0.3, -0.25) is 4.79 Å². The predicted octanol–water partition coefficient (Wildman–Crippen LogP) is 1.47. The number of benzene rings is 1. The summed E-state index contributed by atoms with van der Waals surface area (Å²) in [5.41, 5.74) is 2.52. The molecule has 1 aliphatic rings. The van der Waals surface area contributed by atoms with Gasteiger partial charge in [-0.25, -0.2) is 0 Å². The first-order chi connectivity index (χ1) is 7.74. The number of anilines is 1. The highest BCUT2D eigenvalue weighted by molar-refractivity contribution is 7.83. The minimum absolute atomic E-state index is 0.0770. The van der Waals surface area contributed by atoms with E-state index in [4.69, 9.17) is 4.74 Å². The molecule has 0 spiro atoms. The number of hydrogen-bond donors (Lipinski definition) is 3. The van der Waals surface area contributed by atoms with Gasteiger partial charge in [0.05, 0.1) is 5.69 Å². The third-order valence-electron chi connectivity index (χ3n) is 2.32. The lowest BCUT2D eigenvalue weighted by Crippen LogP contribution is -2.25. The van der Waals surface area contributed by atoms with Crippen molar-refractivity contribution < 1.29 is 9.53 Å². The molecular weight excluding hydrogens is 224 g/mol. The van der Waals surface area contributed by atoms with E-state index in [9.17, 15) is 4.79 Å². The van der Waals surface area contributed by atoms with Crippen LogP contribution in [0.5, 0.6) is 5.75 Å². The van der Waals surface area contributed by atoms with Gasteiger partial charge >= 0.3 is 0 Å². The van der Waals surface area contributed by atoms with Crippen LogP contribution in [-0.2, 0) is 4.79 Å². The molecule has 5 heteroatoms. The number of carbonyl (C=O) groups excluding carboxylic acids is 1. The molecular formula is C11H12N2O2S. The van der Waals surface area contributed by atoms with Crippen LogP contribution in [0.15, 0.2) is 23.6 Å². The normalized spacial score (nSPS) is 14.9. The SMILES string of the molecule is CN/C(=C\S)c1ccc2c(c1)NC(=O)CO2. The molecule has 1 amide bonds. The van der Waals surface area contributed by atoms with Crippen molar-refractivity contribution >= 4 is 29.9 Å². The van der Waals surface area contributed by atoms with E-state index < -0.39 is 0 Å². The Bertz CT molecular complexity index is 457. The summed E-state index contributed by atoms with van der Waals surface area (Å²) in [6, 6.07) is 5.60. The van der Waals surface area contributed by atoms with E-state index in [2.05, 4.69) is 23.3 Å². The zero-order valence-corrected chi connectivity index (χ0v) is 9.67. The number of thiol groups is 1. The molecule has 0 fully saturated rings. The lowest BCUT2D eigenvalue weighted by molar-refractivity contribution is -0.118. The summed E-state index contributed by atoms with van der Waals surface area (Å²) in [5, 5.41) is 7.45. The van der Waals surface area contributed by atoms with Gasteiger partial charge in [-0.05, 0) is 23.6 Å². The van der Waals surface area contributed by atoms with Crippen molar-refractivity contribution in [3.8, 4) is 5.75 Å². The van der Waals surface area contributed by atoms with Crippen LogP contribution in [0.1, 0.15) is 5.56 Å². The molecule has 1 heterocycles. The van der Waals surface area contributed by atoms with E-state index in [-0.39, 0.29) is 12.5 Å². The number of fused-ring (bicyclic) bond motifs is 1. The van der Waals surface area contributed by atoms with Gasteiger partial charge in [-0.15, -0.1) is 12.6 Å². The van der Waals surface area contributed by atoms with Crippen LogP contribution in [0.25, 0.3) is 5.70 Å². The second-order valence-corrected chi connectivity index (χ2v) is 3.60. The maximum Gasteiger partial charge on any atom is 0.262 e. The number of nitrogens with one attached hydrogen (secondary N) is 2. The summed E-state index contributed by atoms with van der Waals surface area (Å²) in [7, 11) is 1.82. The first-order valence-corrected chi connectivity index (χ1v) is 5.35. The fourth-order valence-corrected chi connectivity index (χ4v) is 1.81. The van der Waals surface area contributed by atoms with Gasteiger partial charge in [-0.2, -0.15) is 0 Å². The van der Waals surface area contributed by atoms with Crippen molar-refractivity contribution in [3.05, 3.63) is 29.2 Å². The molecule has 0 aliphatic carbocycles. The Labute approximate surface area is 99.1 Å². The van der Waals surface area contributed by atoms with Gasteiger partial charge in [0, 0.05) is 18.3 Å². The van der Waals surface area contributed by atoms with E-state index in [1.807, 2.05) is 25.2 Å². The molecule has 2 N–H and O–H groups in total. The molecule has 1 aromatic rings. The Morgan fingerprint density at radius 3 is 3.12 bits per heavy atom. The van der Waals surface area contributed by atoms with E-state index in [1.165, 1.54) is 0 Å². The lowest BCUT2D eigenvalue weighted by atomic mass is 10.1. The number of ether oxygens (including phenoxy) is 1. The van der Waals surface area contributed by atoms with Gasteiger partial charge in [-0.1, -0.05) is 0 Å². The fourth-order valence-electron chi connectivity index (χ4n) is 1.53. The quantitative estimate of drug-likeness (QED) is 0.681. The van der Waals surface area contributed by atoms with Crippen LogP contribution in [0.4, 0.5) is 5.69 Å². The van der Waals surface area contributed by atoms with Crippen LogP contribution in [-0.4, -0.2) is 19.6 Å². The molecule has 4 nitrogen and oxygen atoms in total. The minimum atomic E-state index is -0.134. The minimum Gasteiger partial charge on any atom is -0.482 e. The van der Waals surface area contributed by atoms with Crippen LogP contribution in [0, 0.1) is 0 Å². The number of hydrogen-bond acceptors (Lipinski definition) is 4. The Kier molecular flexibility index (Phi) is 3.05. The monoisotopic (exact) mass is 236 g/mol. The first-order valence-electron chi connectivity index (χ1n) is 4.84. The second-order valence-electron chi connectivity index (χ2n) is 3.34. The molecule has 84 valence electrons. The third kappa shape index (κ3) is 1.99. The summed E-state index contributed by atoms with van der Waals surface area (Å²) in [5.74, 6) is 0.559. The summed E-state index contributed by atoms with van der Waals surface area (Å²) < 4.78 is 5.27. The Morgan fingerprint density at radius 2 is 2.44 bits per heavy atom. The summed E-state index contributed by atoms with van der Waals surface area (Å²) in [6.45, 7) is 0.0770. The van der Waals surface area contributed by atoms with Crippen molar-refractivity contribution in [2.24, 2.45) is 0 Å². The van der Waals surface area contributed by atoms with Crippen LogP contribution >= 0.6 is 12.6 Å². The van der Waals surface area contributed by atoms with Crippen molar-refractivity contribution in [1.29, 1.82) is 0 Å². The van der Waals surface area contributed by atoms with Crippen LogP contribution < -0.4 is 15.4 Å². The van der Waals surface area contributed by atoms with Crippen LogP contribution in [0.3, 0.4) is 0 Å². The Morgan fingerprint density at radius 1 is 1.62 bits per heavy atom. The molecule has 0 saturated heterocycles. The van der Waals surface area contributed by atoms with E-state index in [0.717, 1.165) is 11.3 Å². The van der Waals surface area contributed by atoms with E-state index >= 15 is 0 Å². The Balaban J connectivity index is 2.38. The lowest BCUT2D eigenvalue weighted by Gasteiger charge is -2.19. The molecule has 0 atom stereocenters. The zero-order valence-electron chi connectivity index (χ0n) is 8.78. The molecule has 2 rings (SSSR count). The first kappa shape index (κ1) is 10.9. The molecule has 1 aromatic carbocycles. The van der Waals surface area contributed by atoms with Crippen molar-refractivity contribution in [2.75, 3.05) is 19.0 Å². The number of amides is 1. The average Bonchev–Trinajstić information content (AvgIpc) is 2.30. The zero-order chi connectivity index (χ0) is 11.5. The molecule has 16 heavy (non-hydrogen) atoms. The molecule has 0 radical (unpaired) electrons. The highest BCUT2D eigenvalue weighted by Crippen LogP contribution is 2.30. The van der Waals surface area contributed by atoms with E-state index in [0.29, 0.717) is 11.4 Å².